The Morgan fingerprint density at radius 3 is 3.13 bits per heavy atom. The number of hydrogen-bond acceptors (Lipinski definition) is 2. The van der Waals surface area contributed by atoms with E-state index >= 15 is 0 Å². The molecular weight excluding hydrogens is 187 g/mol. The molecule has 1 atom stereocenters. The van der Waals surface area contributed by atoms with Gasteiger partial charge in [0.05, 0.1) is 6.61 Å². The summed E-state index contributed by atoms with van der Waals surface area (Å²) in [4.78, 5) is 0. The molecule has 0 aromatic heterocycles. The number of ether oxygens (including phenoxy) is 1. The van der Waals surface area contributed by atoms with Crippen molar-refractivity contribution in [3.05, 3.63) is 23.8 Å². The van der Waals surface area contributed by atoms with Crippen molar-refractivity contribution in [1.82, 2.24) is 0 Å². The molecule has 1 N–H and O–H groups in total. The summed E-state index contributed by atoms with van der Waals surface area (Å²) in [5.41, 5.74) is 2.27. The minimum atomic E-state index is 0.119. The van der Waals surface area contributed by atoms with Gasteiger partial charge in [-0.05, 0) is 12.5 Å². The standard InChI is InChI=1S/C12H17BO2/c1-2-3-4-9-8-15-12-6-5-10(13-14)7-11(9)12/h5-7,9,13-14H,2-4,8H2,1H3. The number of rotatable bonds is 4. The fourth-order valence-corrected chi connectivity index (χ4v) is 2.12. The van der Waals surface area contributed by atoms with Crippen LogP contribution in [0.25, 0.3) is 0 Å². The van der Waals surface area contributed by atoms with E-state index in [0.717, 1.165) is 17.8 Å². The first-order chi connectivity index (χ1) is 7.35. The van der Waals surface area contributed by atoms with Crippen molar-refractivity contribution in [3.63, 3.8) is 0 Å². The average molecular weight is 204 g/mol. The molecule has 0 saturated heterocycles. The molecule has 15 heavy (non-hydrogen) atoms. The van der Waals surface area contributed by atoms with E-state index in [1.807, 2.05) is 12.1 Å². The number of benzene rings is 1. The number of unbranched alkanes of at least 4 members (excludes halogenated alkanes) is 1. The van der Waals surface area contributed by atoms with Gasteiger partial charge in [-0.3, -0.25) is 0 Å². The molecule has 3 heteroatoms. The molecule has 1 aliphatic heterocycles. The second kappa shape index (κ2) is 4.71. The lowest BCUT2D eigenvalue weighted by atomic mass is 9.84. The Labute approximate surface area is 91.5 Å². The highest BCUT2D eigenvalue weighted by Gasteiger charge is 2.23. The van der Waals surface area contributed by atoms with E-state index in [2.05, 4.69) is 13.0 Å². The third-order valence-corrected chi connectivity index (χ3v) is 3.04. The zero-order chi connectivity index (χ0) is 10.7. The Morgan fingerprint density at radius 1 is 1.53 bits per heavy atom. The first kappa shape index (κ1) is 10.6. The van der Waals surface area contributed by atoms with Crippen molar-refractivity contribution in [2.24, 2.45) is 0 Å². The van der Waals surface area contributed by atoms with E-state index in [9.17, 15) is 0 Å². The predicted molar refractivity (Wildman–Crippen MR) is 63.2 cm³/mol. The Kier molecular flexibility index (Phi) is 3.32. The lowest BCUT2D eigenvalue weighted by Gasteiger charge is -2.07. The Balaban J connectivity index is 2.16. The van der Waals surface area contributed by atoms with Gasteiger partial charge in [-0.15, -0.1) is 0 Å². The molecule has 0 bridgehead atoms. The van der Waals surface area contributed by atoms with Gasteiger partial charge in [-0.25, -0.2) is 0 Å². The van der Waals surface area contributed by atoms with Gasteiger partial charge in [-0.1, -0.05) is 37.4 Å². The van der Waals surface area contributed by atoms with Crippen LogP contribution in [0.3, 0.4) is 0 Å². The Morgan fingerprint density at radius 2 is 2.40 bits per heavy atom. The van der Waals surface area contributed by atoms with Gasteiger partial charge in [0.25, 0.3) is 0 Å². The third-order valence-electron chi connectivity index (χ3n) is 3.04. The molecule has 1 aromatic rings. The first-order valence-corrected chi connectivity index (χ1v) is 5.71. The molecule has 1 aliphatic rings. The lowest BCUT2D eigenvalue weighted by molar-refractivity contribution is 0.323. The first-order valence-electron chi connectivity index (χ1n) is 5.71. The highest BCUT2D eigenvalue weighted by atomic mass is 16.5. The summed E-state index contributed by atoms with van der Waals surface area (Å²) in [5, 5.41) is 9.09. The maximum Gasteiger partial charge on any atom is 0.304 e. The van der Waals surface area contributed by atoms with Crippen molar-refractivity contribution in [2.75, 3.05) is 6.61 Å². The number of hydrogen-bond donors (Lipinski definition) is 1. The molecule has 0 aliphatic carbocycles. The molecule has 80 valence electrons. The summed E-state index contributed by atoms with van der Waals surface area (Å²) in [6.07, 6.45) is 3.67. The second-order valence-corrected chi connectivity index (χ2v) is 4.18. The average Bonchev–Trinajstić information content (AvgIpc) is 2.68. The minimum absolute atomic E-state index is 0.119. The van der Waals surface area contributed by atoms with Gasteiger partial charge in [0.1, 0.15) is 5.75 Å². The molecule has 0 radical (unpaired) electrons. The van der Waals surface area contributed by atoms with Gasteiger partial charge in [-0.2, -0.15) is 0 Å². The summed E-state index contributed by atoms with van der Waals surface area (Å²) in [5.74, 6) is 1.54. The van der Waals surface area contributed by atoms with Crippen LogP contribution in [0, 0.1) is 0 Å². The van der Waals surface area contributed by atoms with Crippen molar-refractivity contribution < 1.29 is 9.76 Å². The van der Waals surface area contributed by atoms with Crippen LogP contribution in [0.4, 0.5) is 0 Å². The van der Waals surface area contributed by atoms with Crippen LogP contribution >= 0.6 is 0 Å². The molecule has 1 aromatic carbocycles. The molecule has 0 fully saturated rings. The molecule has 2 nitrogen and oxygen atoms in total. The fourth-order valence-electron chi connectivity index (χ4n) is 2.12. The molecule has 1 unspecified atom stereocenters. The highest BCUT2D eigenvalue weighted by Crippen LogP contribution is 2.35. The minimum Gasteiger partial charge on any atom is -0.493 e. The van der Waals surface area contributed by atoms with E-state index in [-0.39, 0.29) is 7.48 Å². The summed E-state index contributed by atoms with van der Waals surface area (Å²) < 4.78 is 5.63. The third kappa shape index (κ3) is 2.18. The summed E-state index contributed by atoms with van der Waals surface area (Å²) in [6.45, 7) is 3.02. The van der Waals surface area contributed by atoms with Gasteiger partial charge in [0.15, 0.2) is 0 Å². The maximum absolute atomic E-state index is 9.09. The van der Waals surface area contributed by atoms with Crippen LogP contribution in [-0.4, -0.2) is 19.1 Å². The Hall–Kier alpha value is -0.955. The van der Waals surface area contributed by atoms with Gasteiger partial charge in [0.2, 0.25) is 0 Å². The fraction of sp³-hybridized carbons (Fsp3) is 0.500. The quantitative estimate of drug-likeness (QED) is 0.749. The topological polar surface area (TPSA) is 29.5 Å². The molecule has 1 heterocycles. The zero-order valence-electron chi connectivity index (χ0n) is 9.20. The normalized spacial score (nSPS) is 18.4. The van der Waals surface area contributed by atoms with E-state index in [1.165, 1.54) is 24.8 Å². The Bertz CT molecular complexity index is 338. The highest BCUT2D eigenvalue weighted by molar-refractivity contribution is 6.45. The van der Waals surface area contributed by atoms with Crippen LogP contribution in [0.15, 0.2) is 18.2 Å². The molecule has 0 spiro atoms. The van der Waals surface area contributed by atoms with Crippen molar-refractivity contribution in [3.8, 4) is 5.75 Å². The monoisotopic (exact) mass is 204 g/mol. The van der Waals surface area contributed by atoms with Crippen molar-refractivity contribution >= 4 is 12.9 Å². The van der Waals surface area contributed by atoms with Crippen LogP contribution < -0.4 is 10.2 Å². The van der Waals surface area contributed by atoms with E-state index in [1.54, 1.807) is 0 Å². The summed E-state index contributed by atoms with van der Waals surface area (Å²) in [7, 11) is 0.119. The van der Waals surface area contributed by atoms with Crippen LogP contribution in [0.2, 0.25) is 0 Å². The lowest BCUT2D eigenvalue weighted by Crippen LogP contribution is -2.13. The van der Waals surface area contributed by atoms with Gasteiger partial charge >= 0.3 is 7.48 Å². The van der Waals surface area contributed by atoms with Crippen molar-refractivity contribution in [2.45, 2.75) is 32.1 Å². The van der Waals surface area contributed by atoms with E-state index in [0.29, 0.717) is 5.92 Å². The van der Waals surface area contributed by atoms with E-state index in [4.69, 9.17) is 9.76 Å². The molecule has 2 rings (SSSR count). The van der Waals surface area contributed by atoms with E-state index < -0.39 is 0 Å². The molecule has 0 saturated carbocycles. The van der Waals surface area contributed by atoms with Crippen molar-refractivity contribution in [1.29, 1.82) is 0 Å². The van der Waals surface area contributed by atoms with Crippen LogP contribution in [-0.2, 0) is 0 Å². The molecular formula is C12H17BO2. The van der Waals surface area contributed by atoms with Crippen LogP contribution in [0.1, 0.15) is 37.7 Å². The van der Waals surface area contributed by atoms with Gasteiger partial charge in [0, 0.05) is 11.5 Å². The van der Waals surface area contributed by atoms with Crippen LogP contribution in [0.5, 0.6) is 5.75 Å². The summed E-state index contributed by atoms with van der Waals surface area (Å²) in [6, 6.07) is 6.00. The maximum atomic E-state index is 9.09. The second-order valence-electron chi connectivity index (χ2n) is 4.18. The smallest absolute Gasteiger partial charge is 0.304 e. The van der Waals surface area contributed by atoms with Gasteiger partial charge < -0.3 is 9.76 Å². The zero-order valence-corrected chi connectivity index (χ0v) is 9.20. The largest absolute Gasteiger partial charge is 0.493 e. The SMILES string of the molecule is CCCCC1COc2ccc(BO)cc21. The summed E-state index contributed by atoms with van der Waals surface area (Å²) >= 11 is 0. The molecule has 0 amide bonds. The number of fused-ring (bicyclic) bond motifs is 1. The predicted octanol–water partition coefficient (Wildman–Crippen LogP) is 1.32.